The standard InChI is InChI=1S/C22H20BrClN2O4/c23-17-4-1-14(11-18(17)24)2-6-21(27)26-9-7-15(8-10-26)22(28)25-16-3-5-19-20(12-16)30-13-29-19/h1-6,11-12,15H,7-10,13H2,(H,25,28)/b6-2+. The molecule has 2 amide bonds. The molecule has 0 saturated carbocycles. The van der Waals surface area contributed by atoms with Crippen molar-refractivity contribution in [2.75, 3.05) is 25.2 Å². The highest BCUT2D eigenvalue weighted by Crippen LogP contribution is 2.34. The molecule has 30 heavy (non-hydrogen) atoms. The van der Waals surface area contributed by atoms with Crippen LogP contribution in [0.25, 0.3) is 6.08 Å². The predicted molar refractivity (Wildman–Crippen MR) is 119 cm³/mol. The maximum atomic E-state index is 12.6. The van der Waals surface area contributed by atoms with Gasteiger partial charge in [-0.1, -0.05) is 17.7 Å². The lowest BCUT2D eigenvalue weighted by atomic mass is 9.95. The van der Waals surface area contributed by atoms with E-state index in [-0.39, 0.29) is 24.5 Å². The molecule has 2 aromatic rings. The molecule has 1 N–H and O–H groups in total. The van der Waals surface area contributed by atoms with Gasteiger partial charge in [0.25, 0.3) is 0 Å². The SMILES string of the molecule is O=C(Nc1ccc2c(c1)OCO2)C1CCN(C(=O)/C=C/c2ccc(Br)c(Cl)c2)CC1. The van der Waals surface area contributed by atoms with Gasteiger partial charge >= 0.3 is 0 Å². The molecule has 0 unspecified atom stereocenters. The number of amides is 2. The van der Waals surface area contributed by atoms with Crippen molar-refractivity contribution in [2.24, 2.45) is 5.92 Å². The average Bonchev–Trinajstić information content (AvgIpc) is 3.22. The first-order valence-electron chi connectivity index (χ1n) is 9.62. The van der Waals surface area contributed by atoms with E-state index in [2.05, 4.69) is 21.2 Å². The summed E-state index contributed by atoms with van der Waals surface area (Å²) in [6, 6.07) is 10.9. The van der Waals surface area contributed by atoms with Gasteiger partial charge in [-0.3, -0.25) is 9.59 Å². The third kappa shape index (κ3) is 4.79. The lowest BCUT2D eigenvalue weighted by Gasteiger charge is -2.30. The number of anilines is 1. The van der Waals surface area contributed by atoms with Gasteiger partial charge in [-0.15, -0.1) is 0 Å². The molecular formula is C22H20BrClN2O4. The van der Waals surface area contributed by atoms with Crippen LogP contribution in [0.1, 0.15) is 18.4 Å². The molecule has 4 rings (SSSR count). The lowest BCUT2D eigenvalue weighted by Crippen LogP contribution is -2.40. The molecule has 0 spiro atoms. The number of rotatable bonds is 4. The summed E-state index contributed by atoms with van der Waals surface area (Å²) >= 11 is 9.43. The zero-order valence-corrected chi connectivity index (χ0v) is 18.4. The number of carbonyl (C=O) groups is 2. The number of carbonyl (C=O) groups excluding carboxylic acids is 2. The molecule has 2 aromatic carbocycles. The van der Waals surface area contributed by atoms with Crippen molar-refractivity contribution >= 4 is 51.1 Å². The fourth-order valence-corrected chi connectivity index (χ4v) is 3.91. The van der Waals surface area contributed by atoms with Crippen molar-refractivity contribution in [2.45, 2.75) is 12.8 Å². The van der Waals surface area contributed by atoms with Crippen LogP contribution < -0.4 is 14.8 Å². The zero-order valence-electron chi connectivity index (χ0n) is 16.1. The Labute approximate surface area is 187 Å². The minimum absolute atomic E-state index is 0.0407. The van der Waals surface area contributed by atoms with Crippen LogP contribution in [0, 0.1) is 5.92 Å². The molecule has 8 heteroatoms. The van der Waals surface area contributed by atoms with Gasteiger partial charge in [0.05, 0.1) is 5.02 Å². The zero-order chi connectivity index (χ0) is 21.1. The van der Waals surface area contributed by atoms with E-state index in [0.29, 0.717) is 48.1 Å². The van der Waals surface area contributed by atoms with E-state index in [9.17, 15) is 9.59 Å². The maximum Gasteiger partial charge on any atom is 0.246 e. The molecule has 2 aliphatic rings. The average molecular weight is 492 g/mol. The first-order chi connectivity index (χ1) is 14.5. The summed E-state index contributed by atoms with van der Waals surface area (Å²) in [6.07, 6.45) is 4.55. The summed E-state index contributed by atoms with van der Waals surface area (Å²) in [7, 11) is 0. The first-order valence-corrected chi connectivity index (χ1v) is 10.8. The molecular weight excluding hydrogens is 472 g/mol. The van der Waals surface area contributed by atoms with Crippen LogP contribution >= 0.6 is 27.5 Å². The van der Waals surface area contributed by atoms with Crippen LogP contribution in [0.2, 0.25) is 5.02 Å². The number of nitrogens with zero attached hydrogens (tertiary/aromatic N) is 1. The quantitative estimate of drug-likeness (QED) is 0.628. The van der Waals surface area contributed by atoms with Crippen LogP contribution in [0.4, 0.5) is 5.69 Å². The van der Waals surface area contributed by atoms with Gasteiger partial charge in [0.15, 0.2) is 11.5 Å². The van der Waals surface area contributed by atoms with E-state index in [0.717, 1.165) is 10.0 Å². The minimum atomic E-state index is -0.131. The van der Waals surface area contributed by atoms with Crippen molar-refractivity contribution in [1.29, 1.82) is 0 Å². The Hall–Kier alpha value is -2.51. The molecule has 0 aliphatic carbocycles. The number of ether oxygens (including phenoxy) is 2. The van der Waals surface area contributed by atoms with Gasteiger partial charge < -0.3 is 19.7 Å². The lowest BCUT2D eigenvalue weighted by molar-refractivity contribution is -0.130. The number of hydrogen-bond acceptors (Lipinski definition) is 4. The molecule has 2 aliphatic heterocycles. The number of halogens is 2. The van der Waals surface area contributed by atoms with Gasteiger partial charge in [-0.05, 0) is 64.7 Å². The molecule has 0 aromatic heterocycles. The molecule has 0 radical (unpaired) electrons. The summed E-state index contributed by atoms with van der Waals surface area (Å²) in [5.41, 5.74) is 1.54. The Kier molecular flexibility index (Phi) is 6.29. The highest BCUT2D eigenvalue weighted by atomic mass is 79.9. The number of nitrogens with one attached hydrogen (secondary N) is 1. The van der Waals surface area contributed by atoms with Gasteiger partial charge in [-0.2, -0.15) is 0 Å². The van der Waals surface area contributed by atoms with Crippen LogP contribution in [0.15, 0.2) is 46.9 Å². The molecule has 156 valence electrons. The second-order valence-corrected chi connectivity index (χ2v) is 8.43. The fourth-order valence-electron chi connectivity index (χ4n) is 3.47. The Morgan fingerprint density at radius 3 is 2.63 bits per heavy atom. The number of likely N-dealkylation sites (tertiary alicyclic amines) is 1. The van der Waals surface area contributed by atoms with E-state index in [1.807, 2.05) is 12.1 Å². The summed E-state index contributed by atoms with van der Waals surface area (Å²) in [5, 5.41) is 3.53. The van der Waals surface area contributed by atoms with E-state index >= 15 is 0 Å². The van der Waals surface area contributed by atoms with Crippen molar-refractivity contribution in [1.82, 2.24) is 4.90 Å². The number of fused-ring (bicyclic) bond motifs is 1. The summed E-state index contributed by atoms with van der Waals surface area (Å²) in [4.78, 5) is 26.8. The van der Waals surface area contributed by atoms with Crippen molar-refractivity contribution in [3.8, 4) is 11.5 Å². The van der Waals surface area contributed by atoms with Crippen LogP contribution in [-0.2, 0) is 9.59 Å². The molecule has 1 saturated heterocycles. The Morgan fingerprint density at radius 1 is 1.10 bits per heavy atom. The highest BCUT2D eigenvalue weighted by Gasteiger charge is 2.27. The van der Waals surface area contributed by atoms with E-state index in [4.69, 9.17) is 21.1 Å². The smallest absolute Gasteiger partial charge is 0.246 e. The van der Waals surface area contributed by atoms with E-state index in [1.165, 1.54) is 0 Å². The number of hydrogen-bond donors (Lipinski definition) is 1. The monoisotopic (exact) mass is 490 g/mol. The fraction of sp³-hybridized carbons (Fsp3) is 0.273. The van der Waals surface area contributed by atoms with Crippen molar-refractivity contribution < 1.29 is 19.1 Å². The third-order valence-electron chi connectivity index (χ3n) is 5.18. The van der Waals surface area contributed by atoms with Gasteiger partial charge in [0.1, 0.15) is 0 Å². The van der Waals surface area contributed by atoms with Crippen LogP contribution in [-0.4, -0.2) is 36.6 Å². The largest absolute Gasteiger partial charge is 0.454 e. The van der Waals surface area contributed by atoms with Crippen molar-refractivity contribution in [3.05, 3.63) is 57.5 Å². The first kappa shape index (κ1) is 20.8. The number of piperidine rings is 1. The van der Waals surface area contributed by atoms with E-state index < -0.39 is 0 Å². The van der Waals surface area contributed by atoms with Gasteiger partial charge in [0, 0.05) is 41.3 Å². The third-order valence-corrected chi connectivity index (χ3v) is 6.41. The second-order valence-electron chi connectivity index (χ2n) is 7.16. The summed E-state index contributed by atoms with van der Waals surface area (Å²) in [5.74, 6) is 1.07. The minimum Gasteiger partial charge on any atom is -0.454 e. The van der Waals surface area contributed by atoms with Gasteiger partial charge in [0.2, 0.25) is 18.6 Å². The Morgan fingerprint density at radius 2 is 1.87 bits per heavy atom. The molecule has 1 fully saturated rings. The summed E-state index contributed by atoms with van der Waals surface area (Å²) < 4.78 is 11.4. The molecule has 0 bridgehead atoms. The molecule has 6 nitrogen and oxygen atoms in total. The normalized spacial score (nSPS) is 16.1. The van der Waals surface area contributed by atoms with Crippen LogP contribution in [0.3, 0.4) is 0 Å². The summed E-state index contributed by atoms with van der Waals surface area (Å²) in [6.45, 7) is 1.29. The highest BCUT2D eigenvalue weighted by molar-refractivity contribution is 9.10. The van der Waals surface area contributed by atoms with Gasteiger partial charge in [-0.25, -0.2) is 0 Å². The topological polar surface area (TPSA) is 67.9 Å². The maximum absolute atomic E-state index is 12.6. The van der Waals surface area contributed by atoms with Crippen molar-refractivity contribution in [3.63, 3.8) is 0 Å². The predicted octanol–water partition coefficient (Wildman–Crippen LogP) is 4.72. The second kappa shape index (κ2) is 9.10. The van der Waals surface area contributed by atoms with E-state index in [1.54, 1.807) is 41.3 Å². The van der Waals surface area contributed by atoms with Crippen LogP contribution in [0.5, 0.6) is 11.5 Å². The number of benzene rings is 2. The Balaban J connectivity index is 1.28. The molecule has 2 heterocycles. The molecule has 0 atom stereocenters. The Bertz CT molecular complexity index is 1000.